The Labute approximate surface area is 164 Å². The summed E-state index contributed by atoms with van der Waals surface area (Å²) < 4.78 is 0. The Bertz CT molecular complexity index is 909. The number of anilines is 2. The standard InChI is InChI=1S/C22H23N5O/c28-17-26-11-13-27(14-12-26)21-15-20(19-9-5-2-6-10-19)24-22(25-21)23-16-18-7-3-1-4-8-18/h1-10,15,17H,11-14,16H2,(H,23,24,25). The molecule has 1 saturated heterocycles. The van der Waals surface area contributed by atoms with Crippen LogP contribution in [0.4, 0.5) is 11.8 Å². The Hall–Kier alpha value is -3.41. The highest BCUT2D eigenvalue weighted by atomic mass is 16.1. The number of nitrogens with one attached hydrogen (secondary N) is 1. The van der Waals surface area contributed by atoms with Gasteiger partial charge in [-0.3, -0.25) is 4.79 Å². The smallest absolute Gasteiger partial charge is 0.225 e. The minimum atomic E-state index is 0.609. The van der Waals surface area contributed by atoms with Crippen molar-refractivity contribution in [3.63, 3.8) is 0 Å². The molecule has 3 aromatic rings. The normalized spacial score (nSPS) is 14.0. The maximum absolute atomic E-state index is 11.0. The van der Waals surface area contributed by atoms with Gasteiger partial charge in [0.2, 0.25) is 12.4 Å². The average Bonchev–Trinajstić information content (AvgIpc) is 2.79. The molecule has 1 aliphatic heterocycles. The van der Waals surface area contributed by atoms with Crippen molar-refractivity contribution in [2.24, 2.45) is 0 Å². The first-order valence-corrected chi connectivity index (χ1v) is 9.48. The van der Waals surface area contributed by atoms with Crippen LogP contribution in [0.2, 0.25) is 0 Å². The number of carbonyl (C=O) groups is 1. The first kappa shape index (κ1) is 18.0. The summed E-state index contributed by atoms with van der Waals surface area (Å²) in [6, 6.07) is 22.4. The van der Waals surface area contributed by atoms with Crippen LogP contribution in [0.25, 0.3) is 11.3 Å². The maximum Gasteiger partial charge on any atom is 0.225 e. The van der Waals surface area contributed by atoms with Gasteiger partial charge in [-0.15, -0.1) is 0 Å². The predicted octanol–water partition coefficient (Wildman–Crippen LogP) is 3.03. The van der Waals surface area contributed by atoms with Crippen LogP contribution in [-0.4, -0.2) is 47.5 Å². The highest BCUT2D eigenvalue weighted by molar-refractivity contribution is 5.65. The fourth-order valence-corrected chi connectivity index (χ4v) is 3.27. The zero-order valence-corrected chi connectivity index (χ0v) is 15.7. The summed E-state index contributed by atoms with van der Waals surface area (Å²) in [4.78, 5) is 24.5. The Kier molecular flexibility index (Phi) is 5.47. The van der Waals surface area contributed by atoms with Gasteiger partial charge in [-0.2, -0.15) is 4.98 Å². The van der Waals surface area contributed by atoms with Gasteiger partial charge in [0.25, 0.3) is 0 Å². The summed E-state index contributed by atoms with van der Waals surface area (Å²) in [5.41, 5.74) is 3.12. The lowest BCUT2D eigenvalue weighted by Gasteiger charge is -2.33. The van der Waals surface area contributed by atoms with Crippen LogP contribution in [-0.2, 0) is 11.3 Å². The minimum Gasteiger partial charge on any atom is -0.353 e. The van der Waals surface area contributed by atoms with E-state index in [9.17, 15) is 4.79 Å². The molecule has 0 spiro atoms. The van der Waals surface area contributed by atoms with E-state index in [4.69, 9.17) is 9.97 Å². The summed E-state index contributed by atoms with van der Waals surface area (Å²) in [6.07, 6.45) is 0.916. The van der Waals surface area contributed by atoms with Gasteiger partial charge in [-0.1, -0.05) is 60.7 Å². The van der Waals surface area contributed by atoms with Crippen molar-refractivity contribution < 1.29 is 4.79 Å². The van der Waals surface area contributed by atoms with Crippen LogP contribution in [0.15, 0.2) is 66.7 Å². The third-order valence-corrected chi connectivity index (χ3v) is 4.86. The second-order valence-corrected chi connectivity index (χ2v) is 6.77. The number of aromatic nitrogens is 2. The largest absolute Gasteiger partial charge is 0.353 e. The number of amides is 1. The molecule has 0 bridgehead atoms. The Morgan fingerprint density at radius 3 is 2.25 bits per heavy atom. The van der Waals surface area contributed by atoms with Crippen molar-refractivity contribution in [1.29, 1.82) is 0 Å². The monoisotopic (exact) mass is 373 g/mol. The highest BCUT2D eigenvalue weighted by Gasteiger charge is 2.18. The highest BCUT2D eigenvalue weighted by Crippen LogP contribution is 2.24. The molecule has 6 nitrogen and oxygen atoms in total. The quantitative estimate of drug-likeness (QED) is 0.673. The number of benzene rings is 2. The SMILES string of the molecule is O=CN1CCN(c2cc(-c3ccccc3)nc(NCc3ccccc3)n2)CC1. The van der Waals surface area contributed by atoms with Gasteiger partial charge in [-0.05, 0) is 5.56 Å². The van der Waals surface area contributed by atoms with Crippen LogP contribution < -0.4 is 10.2 Å². The molecule has 1 amide bonds. The Balaban J connectivity index is 1.60. The first-order valence-electron chi connectivity index (χ1n) is 9.48. The molecule has 1 aromatic heterocycles. The molecule has 1 fully saturated rings. The predicted molar refractivity (Wildman–Crippen MR) is 111 cm³/mol. The molecule has 0 saturated carbocycles. The van der Waals surface area contributed by atoms with Crippen LogP contribution in [0.3, 0.4) is 0 Å². The molecule has 0 radical (unpaired) electrons. The van der Waals surface area contributed by atoms with E-state index >= 15 is 0 Å². The van der Waals surface area contributed by atoms with E-state index in [2.05, 4.69) is 34.5 Å². The number of nitrogens with zero attached hydrogens (tertiary/aromatic N) is 4. The summed E-state index contributed by atoms with van der Waals surface area (Å²) in [6.45, 7) is 3.61. The molecule has 4 rings (SSSR count). The fraction of sp³-hybridized carbons (Fsp3) is 0.227. The van der Waals surface area contributed by atoms with E-state index in [1.165, 1.54) is 5.56 Å². The van der Waals surface area contributed by atoms with Gasteiger partial charge in [0.15, 0.2) is 0 Å². The summed E-state index contributed by atoms with van der Waals surface area (Å²) in [5, 5.41) is 3.36. The number of hydrogen-bond donors (Lipinski definition) is 1. The van der Waals surface area contributed by atoms with Gasteiger partial charge in [-0.25, -0.2) is 4.98 Å². The number of piperazine rings is 1. The van der Waals surface area contributed by atoms with Crippen LogP contribution in [0.1, 0.15) is 5.56 Å². The molecule has 1 N–H and O–H groups in total. The molecule has 0 atom stereocenters. The molecule has 28 heavy (non-hydrogen) atoms. The van der Waals surface area contributed by atoms with Gasteiger partial charge in [0.05, 0.1) is 5.69 Å². The lowest BCUT2D eigenvalue weighted by atomic mass is 10.1. The van der Waals surface area contributed by atoms with Crippen molar-refractivity contribution >= 4 is 18.2 Å². The van der Waals surface area contributed by atoms with E-state index in [1.54, 1.807) is 4.90 Å². The third kappa shape index (κ3) is 4.28. The first-order chi connectivity index (χ1) is 13.8. The summed E-state index contributed by atoms with van der Waals surface area (Å²) >= 11 is 0. The van der Waals surface area contributed by atoms with Gasteiger partial charge >= 0.3 is 0 Å². The number of hydrogen-bond acceptors (Lipinski definition) is 5. The molecule has 2 aromatic carbocycles. The lowest BCUT2D eigenvalue weighted by molar-refractivity contribution is -0.118. The van der Waals surface area contributed by atoms with E-state index in [-0.39, 0.29) is 0 Å². The maximum atomic E-state index is 11.0. The minimum absolute atomic E-state index is 0.609. The van der Waals surface area contributed by atoms with Crippen molar-refractivity contribution in [3.05, 3.63) is 72.3 Å². The zero-order valence-electron chi connectivity index (χ0n) is 15.7. The molecule has 0 unspecified atom stereocenters. The van der Waals surface area contributed by atoms with E-state index < -0.39 is 0 Å². The zero-order chi connectivity index (χ0) is 19.2. The summed E-state index contributed by atoms with van der Waals surface area (Å²) in [7, 11) is 0. The molecular weight excluding hydrogens is 350 g/mol. The second-order valence-electron chi connectivity index (χ2n) is 6.77. The fourth-order valence-electron chi connectivity index (χ4n) is 3.27. The molecule has 2 heterocycles. The van der Waals surface area contributed by atoms with E-state index in [0.29, 0.717) is 25.6 Å². The van der Waals surface area contributed by atoms with Crippen molar-refractivity contribution in [2.45, 2.75) is 6.54 Å². The molecule has 1 aliphatic rings. The molecular formula is C22H23N5O. The Morgan fingerprint density at radius 2 is 1.57 bits per heavy atom. The van der Waals surface area contributed by atoms with Crippen LogP contribution >= 0.6 is 0 Å². The van der Waals surface area contributed by atoms with Gasteiger partial charge in [0, 0.05) is 44.4 Å². The van der Waals surface area contributed by atoms with Gasteiger partial charge < -0.3 is 15.1 Å². The number of carbonyl (C=O) groups excluding carboxylic acids is 1. The average molecular weight is 373 g/mol. The second kappa shape index (κ2) is 8.52. The van der Waals surface area contributed by atoms with Crippen molar-refractivity contribution in [1.82, 2.24) is 14.9 Å². The molecule has 0 aliphatic carbocycles. The van der Waals surface area contributed by atoms with Crippen molar-refractivity contribution in [3.8, 4) is 11.3 Å². The topological polar surface area (TPSA) is 61.4 Å². The number of rotatable bonds is 6. The third-order valence-electron chi connectivity index (χ3n) is 4.86. The van der Waals surface area contributed by atoms with Crippen LogP contribution in [0.5, 0.6) is 0 Å². The molecule has 142 valence electrons. The van der Waals surface area contributed by atoms with Crippen LogP contribution in [0, 0.1) is 0 Å². The van der Waals surface area contributed by atoms with E-state index in [0.717, 1.165) is 36.6 Å². The van der Waals surface area contributed by atoms with Gasteiger partial charge in [0.1, 0.15) is 5.82 Å². The lowest BCUT2D eigenvalue weighted by Crippen LogP contribution is -2.46. The van der Waals surface area contributed by atoms with E-state index in [1.807, 2.05) is 42.5 Å². The van der Waals surface area contributed by atoms with Crippen molar-refractivity contribution in [2.75, 3.05) is 36.4 Å². The summed E-state index contributed by atoms with van der Waals surface area (Å²) in [5.74, 6) is 1.49. The Morgan fingerprint density at radius 1 is 0.893 bits per heavy atom. The molecule has 6 heteroatoms.